The third-order valence-electron chi connectivity index (χ3n) is 4.91. The summed E-state index contributed by atoms with van der Waals surface area (Å²) in [6, 6.07) is 15.2. The fourth-order valence-electron chi connectivity index (χ4n) is 3.15. The lowest BCUT2D eigenvalue weighted by atomic mass is 10.0. The third kappa shape index (κ3) is 5.03. The zero-order valence-corrected chi connectivity index (χ0v) is 19.2. The van der Waals surface area contributed by atoms with E-state index in [9.17, 15) is 9.59 Å². The predicted octanol–water partition coefficient (Wildman–Crippen LogP) is 4.60. The quantitative estimate of drug-likeness (QED) is 0.402. The summed E-state index contributed by atoms with van der Waals surface area (Å²) in [5.74, 6) is 0.741. The number of hydrogen-bond donors (Lipinski definition) is 1. The molecule has 7 nitrogen and oxygen atoms in total. The molecule has 164 valence electrons. The normalized spacial score (nSPS) is 11.2. The van der Waals surface area contributed by atoms with Crippen molar-refractivity contribution in [2.45, 2.75) is 37.1 Å². The van der Waals surface area contributed by atoms with E-state index in [0.717, 1.165) is 10.2 Å². The van der Waals surface area contributed by atoms with Crippen molar-refractivity contribution in [2.24, 2.45) is 0 Å². The largest absolute Gasteiger partial charge is 0.350 e. The maximum absolute atomic E-state index is 12.7. The molecule has 0 aliphatic carbocycles. The number of anilines is 1. The van der Waals surface area contributed by atoms with E-state index in [2.05, 4.69) is 29.2 Å². The highest BCUT2D eigenvalue weighted by atomic mass is 35.5. The number of thioether (sulfide) groups is 1. The summed E-state index contributed by atoms with van der Waals surface area (Å²) in [6.07, 6.45) is 3.11. The van der Waals surface area contributed by atoms with E-state index in [4.69, 9.17) is 11.6 Å². The van der Waals surface area contributed by atoms with Crippen molar-refractivity contribution < 1.29 is 4.79 Å². The predicted molar refractivity (Wildman–Crippen MR) is 127 cm³/mol. The van der Waals surface area contributed by atoms with Crippen LogP contribution in [0.4, 0.5) is 5.69 Å². The first-order valence-corrected chi connectivity index (χ1v) is 11.5. The van der Waals surface area contributed by atoms with Crippen molar-refractivity contribution in [3.05, 3.63) is 87.6 Å². The van der Waals surface area contributed by atoms with Crippen LogP contribution in [-0.4, -0.2) is 25.1 Å². The fraction of sp³-hybridized carbons (Fsp3) is 0.217. The van der Waals surface area contributed by atoms with Gasteiger partial charge in [0.25, 0.3) is 0 Å². The van der Waals surface area contributed by atoms with Gasteiger partial charge in [-0.05, 0) is 41.3 Å². The highest BCUT2D eigenvalue weighted by Gasteiger charge is 2.15. The molecule has 0 bridgehead atoms. The van der Waals surface area contributed by atoms with E-state index in [0.29, 0.717) is 33.1 Å². The molecule has 0 unspecified atom stereocenters. The molecule has 0 saturated heterocycles. The second-order valence-electron chi connectivity index (χ2n) is 7.61. The molecule has 9 heteroatoms. The second-order valence-corrected chi connectivity index (χ2v) is 9.01. The Labute approximate surface area is 194 Å². The molecular formula is C23H22ClN5O2S. The number of nitrogens with zero attached hydrogens (tertiary/aromatic N) is 4. The SMILES string of the molecule is CC(C)c1ccc(NC(=O)Cn2nc3c(SCc4ccc(Cl)cc4)nccn3c2=O)cc1. The van der Waals surface area contributed by atoms with Crippen molar-refractivity contribution in [1.82, 2.24) is 19.2 Å². The van der Waals surface area contributed by atoms with E-state index in [-0.39, 0.29) is 18.1 Å². The van der Waals surface area contributed by atoms with Crippen LogP contribution in [0, 0.1) is 0 Å². The number of benzene rings is 2. The Balaban J connectivity index is 1.49. The first-order chi connectivity index (χ1) is 15.4. The van der Waals surface area contributed by atoms with E-state index in [1.54, 1.807) is 12.4 Å². The average Bonchev–Trinajstić information content (AvgIpc) is 3.09. The molecule has 4 rings (SSSR count). The van der Waals surface area contributed by atoms with Crippen molar-refractivity contribution in [3.8, 4) is 0 Å². The van der Waals surface area contributed by atoms with Crippen LogP contribution in [0.1, 0.15) is 30.9 Å². The molecule has 0 fully saturated rings. The van der Waals surface area contributed by atoms with Gasteiger partial charge >= 0.3 is 5.69 Å². The molecule has 2 heterocycles. The van der Waals surface area contributed by atoms with Crippen molar-refractivity contribution in [3.63, 3.8) is 0 Å². The Bertz CT molecular complexity index is 1300. The summed E-state index contributed by atoms with van der Waals surface area (Å²) < 4.78 is 2.56. The van der Waals surface area contributed by atoms with Crippen LogP contribution in [0.2, 0.25) is 5.02 Å². The zero-order chi connectivity index (χ0) is 22.7. The summed E-state index contributed by atoms with van der Waals surface area (Å²) >= 11 is 7.40. The molecule has 0 saturated carbocycles. The van der Waals surface area contributed by atoms with Crippen LogP contribution < -0.4 is 11.0 Å². The van der Waals surface area contributed by atoms with Gasteiger partial charge in [-0.2, -0.15) is 0 Å². The summed E-state index contributed by atoms with van der Waals surface area (Å²) in [5.41, 5.74) is 2.98. The smallest absolute Gasteiger partial charge is 0.324 e. The summed E-state index contributed by atoms with van der Waals surface area (Å²) in [4.78, 5) is 29.6. The zero-order valence-electron chi connectivity index (χ0n) is 17.7. The van der Waals surface area contributed by atoms with Gasteiger partial charge in [0.15, 0.2) is 5.65 Å². The van der Waals surface area contributed by atoms with Gasteiger partial charge in [0.05, 0.1) is 0 Å². The Kier molecular flexibility index (Phi) is 6.62. The monoisotopic (exact) mass is 467 g/mol. The van der Waals surface area contributed by atoms with E-state index < -0.39 is 0 Å². The number of carbonyl (C=O) groups is 1. The van der Waals surface area contributed by atoms with Gasteiger partial charge in [0.2, 0.25) is 5.91 Å². The van der Waals surface area contributed by atoms with E-state index in [1.165, 1.54) is 21.7 Å². The average molecular weight is 468 g/mol. The maximum Gasteiger partial charge on any atom is 0.350 e. The molecule has 4 aromatic rings. The van der Waals surface area contributed by atoms with Crippen LogP contribution in [0.25, 0.3) is 5.65 Å². The topological polar surface area (TPSA) is 81.3 Å². The van der Waals surface area contributed by atoms with Crippen LogP contribution in [0.5, 0.6) is 0 Å². The summed E-state index contributed by atoms with van der Waals surface area (Å²) in [7, 11) is 0. The lowest BCUT2D eigenvalue weighted by Crippen LogP contribution is -2.28. The summed E-state index contributed by atoms with van der Waals surface area (Å²) in [5, 5.41) is 8.47. The Hall–Kier alpha value is -3.10. The molecule has 0 atom stereocenters. The highest BCUT2D eigenvalue weighted by Crippen LogP contribution is 2.24. The first kappa shape index (κ1) is 22.1. The van der Waals surface area contributed by atoms with Gasteiger partial charge in [0.1, 0.15) is 11.6 Å². The van der Waals surface area contributed by atoms with Gasteiger partial charge in [-0.15, -0.1) is 5.10 Å². The van der Waals surface area contributed by atoms with Gasteiger partial charge < -0.3 is 5.32 Å². The third-order valence-corrected chi connectivity index (χ3v) is 6.20. The van der Waals surface area contributed by atoms with Crippen molar-refractivity contribution in [2.75, 3.05) is 5.32 Å². The molecule has 2 aromatic carbocycles. The van der Waals surface area contributed by atoms with Crippen LogP contribution in [0.3, 0.4) is 0 Å². The maximum atomic E-state index is 12.7. The van der Waals surface area contributed by atoms with E-state index >= 15 is 0 Å². The minimum absolute atomic E-state index is 0.187. The molecule has 0 spiro atoms. The van der Waals surface area contributed by atoms with Crippen LogP contribution >= 0.6 is 23.4 Å². The fourth-order valence-corrected chi connectivity index (χ4v) is 4.18. The van der Waals surface area contributed by atoms with Crippen molar-refractivity contribution >= 4 is 40.6 Å². The lowest BCUT2D eigenvalue weighted by Gasteiger charge is -2.08. The molecule has 0 radical (unpaired) electrons. The first-order valence-electron chi connectivity index (χ1n) is 10.1. The van der Waals surface area contributed by atoms with Crippen LogP contribution in [-0.2, 0) is 17.1 Å². The number of amides is 1. The molecule has 2 aromatic heterocycles. The Morgan fingerprint density at radius 3 is 2.53 bits per heavy atom. The van der Waals surface area contributed by atoms with Crippen LogP contribution in [0.15, 0.2) is 70.7 Å². The van der Waals surface area contributed by atoms with Gasteiger partial charge in [-0.1, -0.05) is 61.5 Å². The number of rotatable bonds is 7. The molecule has 1 amide bonds. The number of nitrogens with one attached hydrogen (secondary N) is 1. The summed E-state index contributed by atoms with van der Waals surface area (Å²) in [6.45, 7) is 4.04. The van der Waals surface area contributed by atoms with Gasteiger partial charge in [-0.25, -0.2) is 18.9 Å². The Morgan fingerprint density at radius 2 is 1.84 bits per heavy atom. The minimum atomic E-state index is -0.388. The van der Waals surface area contributed by atoms with Crippen molar-refractivity contribution in [1.29, 1.82) is 0 Å². The van der Waals surface area contributed by atoms with Gasteiger partial charge in [0, 0.05) is 28.9 Å². The lowest BCUT2D eigenvalue weighted by molar-refractivity contribution is -0.117. The number of fused-ring (bicyclic) bond motifs is 1. The highest BCUT2D eigenvalue weighted by molar-refractivity contribution is 7.98. The van der Waals surface area contributed by atoms with Gasteiger partial charge in [-0.3, -0.25) is 4.79 Å². The number of halogens is 1. The number of hydrogen-bond acceptors (Lipinski definition) is 5. The molecule has 0 aliphatic heterocycles. The number of carbonyl (C=O) groups excluding carboxylic acids is 1. The van der Waals surface area contributed by atoms with E-state index in [1.807, 2.05) is 48.5 Å². The molecular weight excluding hydrogens is 446 g/mol. The minimum Gasteiger partial charge on any atom is -0.324 e. The number of aromatic nitrogens is 4. The molecule has 32 heavy (non-hydrogen) atoms. The molecule has 1 N–H and O–H groups in total. The Morgan fingerprint density at radius 1 is 1.12 bits per heavy atom. The second kappa shape index (κ2) is 9.58. The molecule has 0 aliphatic rings. The standard InChI is InChI=1S/C23H22ClN5O2S/c1-15(2)17-5-9-19(10-6-17)26-20(30)13-29-23(31)28-12-11-25-22(21(28)27-29)32-14-16-3-7-18(24)8-4-16/h3-12,15H,13-14H2,1-2H3,(H,26,30).